The molecule has 2 aromatic rings. The third-order valence-corrected chi connectivity index (χ3v) is 4.14. The van der Waals surface area contributed by atoms with Crippen LogP contribution < -0.4 is 5.32 Å². The average molecular weight is 315 g/mol. The van der Waals surface area contributed by atoms with Crippen molar-refractivity contribution in [3.63, 3.8) is 0 Å². The van der Waals surface area contributed by atoms with E-state index in [0.717, 1.165) is 16.3 Å². The first-order valence-corrected chi connectivity index (χ1v) is 6.88. The number of hydrogen-bond acceptors (Lipinski definition) is 3. The van der Waals surface area contributed by atoms with Gasteiger partial charge in [0.1, 0.15) is 10.8 Å². The van der Waals surface area contributed by atoms with Gasteiger partial charge in [-0.05, 0) is 34.5 Å². The maximum atomic E-state index is 13.2. The number of nitrogens with one attached hydrogen (secondary N) is 1. The van der Waals surface area contributed by atoms with Gasteiger partial charge in [0.05, 0.1) is 4.47 Å². The predicted octanol–water partition coefficient (Wildman–Crippen LogP) is 3.64. The van der Waals surface area contributed by atoms with Gasteiger partial charge in [-0.15, -0.1) is 11.3 Å². The van der Waals surface area contributed by atoms with Gasteiger partial charge in [0.2, 0.25) is 0 Å². The van der Waals surface area contributed by atoms with Crippen LogP contribution in [0.3, 0.4) is 0 Å². The van der Waals surface area contributed by atoms with Crippen molar-refractivity contribution < 1.29 is 4.39 Å². The minimum Gasteiger partial charge on any atom is -0.306 e. The summed E-state index contributed by atoms with van der Waals surface area (Å²) in [5.41, 5.74) is 1.96. The van der Waals surface area contributed by atoms with E-state index in [1.165, 1.54) is 6.07 Å². The molecule has 90 valence electrons. The highest BCUT2D eigenvalue weighted by Crippen LogP contribution is 2.20. The number of nitrogens with zero attached hydrogens (tertiary/aromatic N) is 1. The number of halogens is 2. The number of benzene rings is 1. The fraction of sp³-hybridized carbons (Fsp3) is 0.250. The second kappa shape index (κ2) is 5.71. The second-order valence-electron chi connectivity index (χ2n) is 3.70. The van der Waals surface area contributed by atoms with Gasteiger partial charge in [-0.2, -0.15) is 0 Å². The van der Waals surface area contributed by atoms with Crippen molar-refractivity contribution in [2.45, 2.75) is 20.0 Å². The van der Waals surface area contributed by atoms with Crippen LogP contribution in [0.15, 0.2) is 28.1 Å². The summed E-state index contributed by atoms with van der Waals surface area (Å²) in [5.74, 6) is -0.227. The van der Waals surface area contributed by atoms with Crippen LogP contribution in [0, 0.1) is 12.7 Å². The molecular formula is C12H12BrFN2S. The van der Waals surface area contributed by atoms with Gasteiger partial charge in [-0.25, -0.2) is 9.37 Å². The van der Waals surface area contributed by atoms with Crippen molar-refractivity contribution in [2.75, 3.05) is 0 Å². The predicted molar refractivity (Wildman–Crippen MR) is 71.5 cm³/mol. The zero-order valence-corrected chi connectivity index (χ0v) is 11.7. The Morgan fingerprint density at radius 2 is 2.24 bits per heavy atom. The Morgan fingerprint density at radius 3 is 2.94 bits per heavy atom. The molecule has 0 bridgehead atoms. The highest BCUT2D eigenvalue weighted by molar-refractivity contribution is 9.10. The monoisotopic (exact) mass is 314 g/mol. The van der Waals surface area contributed by atoms with Crippen molar-refractivity contribution in [3.8, 4) is 0 Å². The average Bonchev–Trinajstić information content (AvgIpc) is 2.70. The lowest BCUT2D eigenvalue weighted by atomic mass is 10.2. The van der Waals surface area contributed by atoms with E-state index in [1.54, 1.807) is 17.4 Å². The normalized spacial score (nSPS) is 10.8. The number of rotatable bonds is 4. The summed E-state index contributed by atoms with van der Waals surface area (Å²) in [6.07, 6.45) is 0. The van der Waals surface area contributed by atoms with Crippen LogP contribution in [0.5, 0.6) is 0 Å². The van der Waals surface area contributed by atoms with E-state index in [4.69, 9.17) is 0 Å². The van der Waals surface area contributed by atoms with Gasteiger partial charge in [0.15, 0.2) is 0 Å². The van der Waals surface area contributed by atoms with Gasteiger partial charge >= 0.3 is 0 Å². The quantitative estimate of drug-likeness (QED) is 0.932. The molecule has 1 aromatic heterocycles. The maximum Gasteiger partial charge on any atom is 0.137 e. The van der Waals surface area contributed by atoms with Gasteiger partial charge in [0.25, 0.3) is 0 Å². The Bertz CT molecular complexity index is 513. The topological polar surface area (TPSA) is 24.9 Å². The molecule has 0 fully saturated rings. The van der Waals surface area contributed by atoms with Gasteiger partial charge in [-0.1, -0.05) is 12.1 Å². The van der Waals surface area contributed by atoms with E-state index in [1.807, 2.05) is 18.4 Å². The van der Waals surface area contributed by atoms with Crippen LogP contribution >= 0.6 is 27.3 Å². The first kappa shape index (κ1) is 12.7. The van der Waals surface area contributed by atoms with Crippen LogP contribution in [0.2, 0.25) is 0 Å². The lowest BCUT2D eigenvalue weighted by Gasteiger charge is -2.06. The smallest absolute Gasteiger partial charge is 0.137 e. The summed E-state index contributed by atoms with van der Waals surface area (Å²) in [4.78, 5) is 4.35. The van der Waals surface area contributed by atoms with E-state index in [0.29, 0.717) is 17.6 Å². The lowest BCUT2D eigenvalue weighted by molar-refractivity contribution is 0.612. The third-order valence-electron chi connectivity index (χ3n) is 2.29. The molecule has 2 rings (SSSR count). The molecule has 0 saturated carbocycles. The molecule has 2 nitrogen and oxygen atoms in total. The van der Waals surface area contributed by atoms with Crippen LogP contribution in [0.25, 0.3) is 0 Å². The summed E-state index contributed by atoms with van der Waals surface area (Å²) in [6, 6.07) is 5.05. The van der Waals surface area contributed by atoms with Crippen LogP contribution in [-0.2, 0) is 13.1 Å². The minimum atomic E-state index is -0.227. The number of aryl methyl sites for hydroxylation is 1. The molecule has 0 atom stereocenters. The van der Waals surface area contributed by atoms with Crippen LogP contribution in [-0.4, -0.2) is 4.98 Å². The SMILES string of the molecule is Cc1csc(CNCc2cccc(F)c2Br)n1. The molecule has 17 heavy (non-hydrogen) atoms. The molecular weight excluding hydrogens is 303 g/mol. The Labute approximate surface area is 112 Å². The van der Waals surface area contributed by atoms with Gasteiger partial charge in [-0.3, -0.25) is 0 Å². The molecule has 1 N–H and O–H groups in total. The molecule has 0 aliphatic carbocycles. The summed E-state index contributed by atoms with van der Waals surface area (Å²) in [7, 11) is 0. The fourth-order valence-electron chi connectivity index (χ4n) is 1.47. The van der Waals surface area contributed by atoms with Crippen molar-refractivity contribution in [1.29, 1.82) is 0 Å². The zero-order valence-electron chi connectivity index (χ0n) is 9.34. The summed E-state index contributed by atoms with van der Waals surface area (Å²) in [5, 5.41) is 6.32. The van der Waals surface area contributed by atoms with Crippen LogP contribution in [0.4, 0.5) is 4.39 Å². The summed E-state index contributed by atoms with van der Waals surface area (Å²) in [6.45, 7) is 3.31. The van der Waals surface area contributed by atoms with E-state index < -0.39 is 0 Å². The molecule has 0 amide bonds. The minimum absolute atomic E-state index is 0.227. The lowest BCUT2D eigenvalue weighted by Crippen LogP contribution is -2.13. The summed E-state index contributed by atoms with van der Waals surface area (Å²) >= 11 is 4.88. The maximum absolute atomic E-state index is 13.2. The van der Waals surface area contributed by atoms with E-state index >= 15 is 0 Å². The second-order valence-corrected chi connectivity index (χ2v) is 5.43. The molecule has 0 aliphatic heterocycles. The Kier molecular flexibility index (Phi) is 4.25. The third kappa shape index (κ3) is 3.34. The largest absolute Gasteiger partial charge is 0.306 e. The van der Waals surface area contributed by atoms with Gasteiger partial charge < -0.3 is 5.32 Å². The molecule has 1 aromatic carbocycles. The fourth-order valence-corrected chi connectivity index (χ4v) is 2.62. The first-order chi connectivity index (χ1) is 8.16. The molecule has 0 radical (unpaired) electrons. The molecule has 0 unspecified atom stereocenters. The highest BCUT2D eigenvalue weighted by atomic mass is 79.9. The Hall–Kier alpha value is -0.780. The van der Waals surface area contributed by atoms with E-state index in [-0.39, 0.29) is 5.82 Å². The summed E-state index contributed by atoms with van der Waals surface area (Å²) < 4.78 is 13.8. The molecule has 0 aliphatic rings. The molecule has 0 saturated heterocycles. The molecule has 0 spiro atoms. The first-order valence-electron chi connectivity index (χ1n) is 5.21. The number of aromatic nitrogens is 1. The van der Waals surface area contributed by atoms with Crippen molar-refractivity contribution in [3.05, 3.63) is 50.1 Å². The Balaban J connectivity index is 1.92. The van der Waals surface area contributed by atoms with Crippen molar-refractivity contribution in [2.24, 2.45) is 0 Å². The standard InChI is InChI=1S/C12H12BrFN2S/c1-8-7-17-11(16-8)6-15-5-9-3-2-4-10(14)12(9)13/h2-4,7,15H,5-6H2,1H3. The van der Waals surface area contributed by atoms with Gasteiger partial charge in [0, 0.05) is 24.2 Å². The van der Waals surface area contributed by atoms with E-state index in [2.05, 4.69) is 26.2 Å². The number of thiazole rings is 1. The van der Waals surface area contributed by atoms with Crippen molar-refractivity contribution >= 4 is 27.3 Å². The zero-order chi connectivity index (χ0) is 12.3. The highest BCUT2D eigenvalue weighted by Gasteiger charge is 2.05. The molecule has 1 heterocycles. The van der Waals surface area contributed by atoms with Crippen molar-refractivity contribution in [1.82, 2.24) is 10.3 Å². The van der Waals surface area contributed by atoms with E-state index in [9.17, 15) is 4.39 Å². The number of hydrogen-bond donors (Lipinski definition) is 1. The molecule has 5 heteroatoms. The Morgan fingerprint density at radius 1 is 1.41 bits per heavy atom. The van der Waals surface area contributed by atoms with Crippen LogP contribution in [0.1, 0.15) is 16.3 Å².